The van der Waals surface area contributed by atoms with Crippen molar-refractivity contribution < 1.29 is 5.11 Å². The standard InChI is InChI=1S/C20H31N7O/c1-6-16(20(4,5)28)25-27-13-24-18(22-11-15-9-7-8-10-21-15)17-19(27)26(12-23-17)14(2)3/h7-10,12,14,16,25,28H,6,11,13H2,1-5H3,(H,22,24)/t16-/m0/s1. The summed E-state index contributed by atoms with van der Waals surface area (Å²) < 4.78 is 2.12. The van der Waals surface area contributed by atoms with Crippen molar-refractivity contribution >= 4 is 11.7 Å². The summed E-state index contributed by atoms with van der Waals surface area (Å²) >= 11 is 0. The Hall–Kier alpha value is -2.45. The Balaban J connectivity index is 1.85. The molecule has 1 aliphatic rings. The van der Waals surface area contributed by atoms with E-state index in [0.29, 0.717) is 13.2 Å². The van der Waals surface area contributed by atoms with Gasteiger partial charge in [0, 0.05) is 12.2 Å². The van der Waals surface area contributed by atoms with Gasteiger partial charge in [0.2, 0.25) is 0 Å². The number of rotatable bonds is 7. The highest BCUT2D eigenvalue weighted by Crippen LogP contribution is 2.27. The number of amidine groups is 1. The molecule has 2 aromatic rings. The van der Waals surface area contributed by atoms with Crippen LogP contribution in [0.25, 0.3) is 0 Å². The smallest absolute Gasteiger partial charge is 0.156 e. The molecule has 0 unspecified atom stereocenters. The number of fused-ring (bicyclic) bond motifs is 1. The number of pyridine rings is 1. The summed E-state index contributed by atoms with van der Waals surface area (Å²) in [5, 5.41) is 15.8. The quantitative estimate of drug-likeness (QED) is 0.677. The van der Waals surface area contributed by atoms with Gasteiger partial charge in [-0.1, -0.05) is 13.0 Å². The van der Waals surface area contributed by atoms with Gasteiger partial charge in [-0.05, 0) is 46.2 Å². The molecule has 3 N–H and O–H groups in total. The van der Waals surface area contributed by atoms with E-state index < -0.39 is 5.60 Å². The maximum Gasteiger partial charge on any atom is 0.156 e. The number of hydrazine groups is 1. The second-order valence-electron chi connectivity index (χ2n) is 7.91. The van der Waals surface area contributed by atoms with Crippen LogP contribution in [0.4, 0.5) is 5.82 Å². The monoisotopic (exact) mass is 385 g/mol. The van der Waals surface area contributed by atoms with Crippen LogP contribution in [0.2, 0.25) is 0 Å². The fraction of sp³-hybridized carbons (Fsp3) is 0.550. The molecule has 0 aromatic carbocycles. The first-order valence-corrected chi connectivity index (χ1v) is 9.82. The molecular weight excluding hydrogens is 354 g/mol. The zero-order chi connectivity index (χ0) is 20.3. The number of aliphatic imine (C=N–C) groups is 1. The number of aromatic nitrogens is 3. The van der Waals surface area contributed by atoms with E-state index in [0.717, 1.165) is 29.5 Å². The minimum atomic E-state index is -0.848. The van der Waals surface area contributed by atoms with Gasteiger partial charge in [-0.3, -0.25) is 9.99 Å². The molecule has 0 saturated heterocycles. The second kappa shape index (κ2) is 8.28. The highest BCUT2D eigenvalue weighted by molar-refractivity contribution is 6.02. The molecule has 3 heterocycles. The average molecular weight is 386 g/mol. The first-order chi connectivity index (χ1) is 13.3. The third-order valence-electron chi connectivity index (χ3n) is 4.91. The summed E-state index contributed by atoms with van der Waals surface area (Å²) in [5.41, 5.74) is 4.35. The van der Waals surface area contributed by atoms with Crippen molar-refractivity contribution in [2.75, 3.05) is 11.7 Å². The molecule has 0 fully saturated rings. The molecule has 8 heteroatoms. The maximum absolute atomic E-state index is 10.5. The van der Waals surface area contributed by atoms with E-state index in [-0.39, 0.29) is 12.1 Å². The Kier molecular flexibility index (Phi) is 6.00. The molecule has 8 nitrogen and oxygen atoms in total. The maximum atomic E-state index is 10.5. The molecule has 2 aromatic heterocycles. The van der Waals surface area contributed by atoms with Crippen molar-refractivity contribution in [3.63, 3.8) is 0 Å². The molecule has 0 amide bonds. The van der Waals surface area contributed by atoms with Crippen molar-refractivity contribution in [3.8, 4) is 0 Å². The molecule has 0 radical (unpaired) electrons. The van der Waals surface area contributed by atoms with Gasteiger partial charge in [-0.2, -0.15) is 0 Å². The topological polar surface area (TPSA) is 90.6 Å². The van der Waals surface area contributed by atoms with Crippen LogP contribution in [-0.2, 0) is 6.54 Å². The van der Waals surface area contributed by atoms with Gasteiger partial charge in [-0.25, -0.2) is 15.4 Å². The van der Waals surface area contributed by atoms with Crippen molar-refractivity contribution in [1.82, 2.24) is 25.3 Å². The van der Waals surface area contributed by atoms with Crippen LogP contribution in [-0.4, -0.2) is 43.8 Å². The number of hydrogen-bond donors (Lipinski definition) is 3. The predicted molar refractivity (Wildman–Crippen MR) is 111 cm³/mol. The molecule has 0 bridgehead atoms. The molecule has 0 spiro atoms. The zero-order valence-corrected chi connectivity index (χ0v) is 17.3. The van der Waals surface area contributed by atoms with E-state index in [4.69, 9.17) is 4.99 Å². The first-order valence-electron chi connectivity index (χ1n) is 9.82. The Bertz CT molecular complexity index is 808. The number of anilines is 1. The summed E-state index contributed by atoms with van der Waals surface area (Å²) in [5.74, 6) is 1.71. The largest absolute Gasteiger partial charge is 0.389 e. The van der Waals surface area contributed by atoms with E-state index in [1.54, 1.807) is 6.20 Å². The van der Waals surface area contributed by atoms with Gasteiger partial charge in [0.1, 0.15) is 12.4 Å². The van der Waals surface area contributed by atoms with Crippen LogP contribution in [0.1, 0.15) is 58.5 Å². The normalized spacial score (nSPS) is 15.4. The number of nitrogens with zero attached hydrogens (tertiary/aromatic N) is 5. The lowest BCUT2D eigenvalue weighted by Crippen LogP contribution is -2.56. The lowest BCUT2D eigenvalue weighted by atomic mass is 9.97. The molecule has 1 aliphatic heterocycles. The summed E-state index contributed by atoms with van der Waals surface area (Å²) in [6.45, 7) is 11.0. The van der Waals surface area contributed by atoms with E-state index in [1.165, 1.54) is 0 Å². The second-order valence-corrected chi connectivity index (χ2v) is 7.91. The van der Waals surface area contributed by atoms with E-state index >= 15 is 0 Å². The zero-order valence-electron chi connectivity index (χ0n) is 17.3. The molecule has 1 atom stereocenters. The van der Waals surface area contributed by atoms with Crippen molar-refractivity contribution in [2.24, 2.45) is 4.99 Å². The summed E-state index contributed by atoms with van der Waals surface area (Å²) in [6, 6.07) is 6.00. The van der Waals surface area contributed by atoms with Gasteiger partial charge in [0.15, 0.2) is 11.7 Å². The average Bonchev–Trinajstić information content (AvgIpc) is 3.10. The minimum Gasteiger partial charge on any atom is -0.389 e. The Morgan fingerprint density at radius 1 is 1.25 bits per heavy atom. The summed E-state index contributed by atoms with van der Waals surface area (Å²) in [6.07, 6.45) is 4.42. The van der Waals surface area contributed by atoms with Gasteiger partial charge in [0.25, 0.3) is 0 Å². The van der Waals surface area contributed by atoms with E-state index in [2.05, 4.69) is 46.0 Å². The molecule has 3 rings (SSSR count). The van der Waals surface area contributed by atoms with E-state index in [9.17, 15) is 5.11 Å². The van der Waals surface area contributed by atoms with Crippen molar-refractivity contribution in [2.45, 2.75) is 65.3 Å². The SMILES string of the molecule is CC[C@H](NN1CN=C(NCc2ccccn2)c2ncn(C(C)C)c21)C(C)(C)O. The van der Waals surface area contributed by atoms with Crippen LogP contribution in [0.15, 0.2) is 35.7 Å². The Labute approximate surface area is 166 Å². The van der Waals surface area contributed by atoms with Crippen molar-refractivity contribution in [3.05, 3.63) is 42.1 Å². The molecule has 28 heavy (non-hydrogen) atoms. The van der Waals surface area contributed by atoms with E-state index in [1.807, 2.05) is 43.4 Å². The molecule has 152 valence electrons. The highest BCUT2D eigenvalue weighted by atomic mass is 16.3. The van der Waals surface area contributed by atoms with Crippen LogP contribution < -0.4 is 15.8 Å². The lowest BCUT2D eigenvalue weighted by Gasteiger charge is -2.37. The van der Waals surface area contributed by atoms with Crippen LogP contribution in [0.5, 0.6) is 0 Å². The molecular formula is C20H31N7O. The Morgan fingerprint density at radius 2 is 2.04 bits per heavy atom. The molecule has 0 saturated carbocycles. The van der Waals surface area contributed by atoms with Gasteiger partial charge in [-0.15, -0.1) is 0 Å². The number of nitrogens with one attached hydrogen (secondary N) is 2. The number of imidazole rings is 1. The van der Waals surface area contributed by atoms with Gasteiger partial charge >= 0.3 is 0 Å². The summed E-state index contributed by atoms with van der Waals surface area (Å²) in [7, 11) is 0. The van der Waals surface area contributed by atoms with Crippen molar-refractivity contribution in [1.29, 1.82) is 0 Å². The fourth-order valence-electron chi connectivity index (χ4n) is 3.31. The molecule has 0 aliphatic carbocycles. The third-order valence-corrected chi connectivity index (χ3v) is 4.91. The van der Waals surface area contributed by atoms with Crippen LogP contribution >= 0.6 is 0 Å². The fourth-order valence-corrected chi connectivity index (χ4v) is 3.31. The highest BCUT2D eigenvalue weighted by Gasteiger charge is 2.32. The number of hydrogen-bond acceptors (Lipinski definition) is 7. The van der Waals surface area contributed by atoms with Crippen LogP contribution in [0.3, 0.4) is 0 Å². The number of aliphatic hydroxyl groups is 1. The minimum absolute atomic E-state index is 0.103. The summed E-state index contributed by atoms with van der Waals surface area (Å²) in [4.78, 5) is 13.7. The predicted octanol–water partition coefficient (Wildman–Crippen LogP) is 2.23. The van der Waals surface area contributed by atoms with Crippen LogP contribution in [0, 0.1) is 0 Å². The lowest BCUT2D eigenvalue weighted by molar-refractivity contribution is 0.0347. The third kappa shape index (κ3) is 4.34. The Morgan fingerprint density at radius 3 is 2.64 bits per heavy atom. The van der Waals surface area contributed by atoms with Gasteiger partial charge in [0.05, 0.1) is 30.2 Å². The van der Waals surface area contributed by atoms with Gasteiger partial charge < -0.3 is 15.0 Å². The first kappa shape index (κ1) is 20.3.